The van der Waals surface area contributed by atoms with Crippen LogP contribution in [-0.4, -0.2) is 9.78 Å². The summed E-state index contributed by atoms with van der Waals surface area (Å²) in [5.74, 6) is 0. The van der Waals surface area contributed by atoms with E-state index in [9.17, 15) is 13.2 Å². The SMILES string of the molecule is N#CCc1cnn(-c2ccccc2C(F)(F)F)c1. The van der Waals surface area contributed by atoms with E-state index >= 15 is 0 Å². The molecule has 0 saturated carbocycles. The minimum absolute atomic E-state index is 0.0470. The lowest BCUT2D eigenvalue weighted by Gasteiger charge is -2.12. The molecule has 0 atom stereocenters. The quantitative estimate of drug-likeness (QED) is 0.823. The Kier molecular flexibility index (Phi) is 3.06. The number of nitrogens with zero attached hydrogens (tertiary/aromatic N) is 3. The van der Waals surface area contributed by atoms with Gasteiger partial charge in [0.1, 0.15) is 0 Å². The van der Waals surface area contributed by atoms with Gasteiger partial charge in [-0.05, 0) is 12.1 Å². The van der Waals surface area contributed by atoms with Crippen LogP contribution < -0.4 is 0 Å². The number of rotatable bonds is 2. The van der Waals surface area contributed by atoms with Crippen LogP contribution in [0, 0.1) is 11.3 Å². The van der Waals surface area contributed by atoms with Crippen molar-refractivity contribution in [2.75, 3.05) is 0 Å². The molecule has 92 valence electrons. The summed E-state index contributed by atoms with van der Waals surface area (Å²) in [6, 6.07) is 7.09. The van der Waals surface area contributed by atoms with Crippen LogP contribution in [0.4, 0.5) is 13.2 Å². The average molecular weight is 251 g/mol. The molecule has 6 heteroatoms. The van der Waals surface area contributed by atoms with Crippen LogP contribution in [0.2, 0.25) is 0 Å². The minimum Gasteiger partial charge on any atom is -0.240 e. The monoisotopic (exact) mass is 251 g/mol. The lowest BCUT2D eigenvalue weighted by atomic mass is 10.1. The average Bonchev–Trinajstić information content (AvgIpc) is 2.77. The van der Waals surface area contributed by atoms with Crippen molar-refractivity contribution in [3.63, 3.8) is 0 Å². The van der Waals surface area contributed by atoms with E-state index in [1.807, 2.05) is 6.07 Å². The summed E-state index contributed by atoms with van der Waals surface area (Å²) in [7, 11) is 0. The zero-order valence-electron chi connectivity index (χ0n) is 9.15. The Balaban J connectivity index is 2.47. The van der Waals surface area contributed by atoms with Crippen LogP contribution in [0.25, 0.3) is 5.69 Å². The normalized spacial score (nSPS) is 11.2. The first kappa shape index (κ1) is 12.2. The highest BCUT2D eigenvalue weighted by molar-refractivity contribution is 5.42. The van der Waals surface area contributed by atoms with Gasteiger partial charge in [-0.3, -0.25) is 0 Å². The molecule has 0 radical (unpaired) electrons. The van der Waals surface area contributed by atoms with E-state index in [2.05, 4.69) is 5.10 Å². The van der Waals surface area contributed by atoms with Gasteiger partial charge in [0.05, 0.1) is 29.9 Å². The lowest BCUT2D eigenvalue weighted by molar-refractivity contribution is -0.137. The third kappa shape index (κ3) is 2.35. The minimum atomic E-state index is -4.43. The molecule has 0 unspecified atom stereocenters. The van der Waals surface area contributed by atoms with Gasteiger partial charge in [-0.25, -0.2) is 4.68 Å². The molecule has 2 rings (SSSR count). The second kappa shape index (κ2) is 4.53. The van der Waals surface area contributed by atoms with Crippen LogP contribution in [0.1, 0.15) is 11.1 Å². The number of nitriles is 1. The molecule has 0 N–H and O–H groups in total. The Hall–Kier alpha value is -2.29. The molecule has 18 heavy (non-hydrogen) atoms. The van der Waals surface area contributed by atoms with Crippen LogP contribution >= 0.6 is 0 Å². The number of hydrogen-bond donors (Lipinski definition) is 0. The number of aromatic nitrogens is 2. The van der Waals surface area contributed by atoms with Crippen molar-refractivity contribution < 1.29 is 13.2 Å². The number of para-hydroxylation sites is 1. The molecule has 0 fully saturated rings. The van der Waals surface area contributed by atoms with Crippen molar-refractivity contribution in [1.29, 1.82) is 5.26 Å². The highest BCUT2D eigenvalue weighted by Gasteiger charge is 2.33. The van der Waals surface area contributed by atoms with Gasteiger partial charge in [0, 0.05) is 11.8 Å². The first-order chi connectivity index (χ1) is 8.52. The van der Waals surface area contributed by atoms with Crippen molar-refractivity contribution in [2.24, 2.45) is 0 Å². The fourth-order valence-electron chi connectivity index (χ4n) is 1.59. The predicted octanol–water partition coefficient (Wildman–Crippen LogP) is 2.96. The Morgan fingerprint density at radius 2 is 2.00 bits per heavy atom. The van der Waals surface area contributed by atoms with E-state index in [0.717, 1.165) is 10.7 Å². The van der Waals surface area contributed by atoms with Gasteiger partial charge >= 0.3 is 6.18 Å². The van der Waals surface area contributed by atoms with Gasteiger partial charge in [-0.1, -0.05) is 12.1 Å². The number of benzene rings is 1. The molecule has 0 bridgehead atoms. The van der Waals surface area contributed by atoms with Crippen molar-refractivity contribution in [3.05, 3.63) is 47.8 Å². The van der Waals surface area contributed by atoms with Gasteiger partial charge < -0.3 is 0 Å². The highest BCUT2D eigenvalue weighted by Crippen LogP contribution is 2.33. The largest absolute Gasteiger partial charge is 0.418 e. The van der Waals surface area contributed by atoms with Crippen LogP contribution in [-0.2, 0) is 12.6 Å². The summed E-state index contributed by atoms with van der Waals surface area (Å²) in [6.45, 7) is 0. The van der Waals surface area contributed by atoms with E-state index in [4.69, 9.17) is 5.26 Å². The molecule has 2 aromatic rings. The van der Waals surface area contributed by atoms with E-state index in [0.29, 0.717) is 5.56 Å². The van der Waals surface area contributed by atoms with E-state index < -0.39 is 11.7 Å². The van der Waals surface area contributed by atoms with Crippen molar-refractivity contribution in [3.8, 4) is 11.8 Å². The molecule has 1 aromatic heterocycles. The molecule has 3 nitrogen and oxygen atoms in total. The third-order valence-corrected chi connectivity index (χ3v) is 2.38. The number of hydrogen-bond acceptors (Lipinski definition) is 2. The maximum absolute atomic E-state index is 12.8. The van der Waals surface area contributed by atoms with Crippen LogP contribution in [0.5, 0.6) is 0 Å². The topological polar surface area (TPSA) is 41.6 Å². The molecule has 1 heterocycles. The molecule has 0 aliphatic rings. The van der Waals surface area contributed by atoms with E-state index in [-0.39, 0.29) is 12.1 Å². The van der Waals surface area contributed by atoms with Crippen LogP contribution in [0.15, 0.2) is 36.7 Å². The smallest absolute Gasteiger partial charge is 0.240 e. The van der Waals surface area contributed by atoms with Gasteiger partial charge in [0.2, 0.25) is 0 Å². The molecule has 0 saturated heterocycles. The first-order valence-electron chi connectivity index (χ1n) is 5.09. The standard InChI is InChI=1S/C12H8F3N3/c13-12(14,15)10-3-1-2-4-11(10)18-8-9(5-6-16)7-17-18/h1-4,7-8H,5H2. The van der Waals surface area contributed by atoms with Crippen molar-refractivity contribution in [1.82, 2.24) is 9.78 Å². The maximum Gasteiger partial charge on any atom is 0.418 e. The van der Waals surface area contributed by atoms with Crippen molar-refractivity contribution >= 4 is 0 Å². The molecular formula is C12H8F3N3. The molecule has 0 amide bonds. The Morgan fingerprint density at radius 1 is 1.28 bits per heavy atom. The molecule has 1 aromatic carbocycles. The fourth-order valence-corrected chi connectivity index (χ4v) is 1.59. The Labute approximate surface area is 101 Å². The summed E-state index contributed by atoms with van der Waals surface area (Å²) in [4.78, 5) is 0. The third-order valence-electron chi connectivity index (χ3n) is 2.38. The fraction of sp³-hybridized carbons (Fsp3) is 0.167. The van der Waals surface area contributed by atoms with E-state index in [1.165, 1.54) is 30.6 Å². The zero-order chi connectivity index (χ0) is 13.2. The van der Waals surface area contributed by atoms with Gasteiger partial charge in [-0.2, -0.15) is 23.5 Å². The highest BCUT2D eigenvalue weighted by atomic mass is 19.4. The summed E-state index contributed by atoms with van der Waals surface area (Å²) in [5, 5.41) is 12.4. The van der Waals surface area contributed by atoms with Crippen LogP contribution in [0.3, 0.4) is 0 Å². The van der Waals surface area contributed by atoms with Gasteiger partial charge in [0.15, 0.2) is 0 Å². The summed E-state index contributed by atoms with van der Waals surface area (Å²) >= 11 is 0. The van der Waals surface area contributed by atoms with Crippen molar-refractivity contribution in [2.45, 2.75) is 12.6 Å². The lowest BCUT2D eigenvalue weighted by Crippen LogP contribution is -2.10. The number of halogens is 3. The molecule has 0 aliphatic carbocycles. The zero-order valence-corrected chi connectivity index (χ0v) is 9.15. The van der Waals surface area contributed by atoms with Gasteiger partial charge in [-0.15, -0.1) is 0 Å². The summed E-state index contributed by atoms with van der Waals surface area (Å²) in [5.41, 5.74) is -0.222. The number of alkyl halides is 3. The second-order valence-corrected chi connectivity index (χ2v) is 3.64. The Morgan fingerprint density at radius 3 is 2.67 bits per heavy atom. The Bertz CT molecular complexity index is 593. The molecular weight excluding hydrogens is 243 g/mol. The predicted molar refractivity (Wildman–Crippen MR) is 57.9 cm³/mol. The molecule has 0 spiro atoms. The summed E-state index contributed by atoms with van der Waals surface area (Å²) < 4.78 is 39.5. The summed E-state index contributed by atoms with van der Waals surface area (Å²) in [6.07, 6.45) is -1.50. The van der Waals surface area contributed by atoms with Gasteiger partial charge in [0.25, 0.3) is 0 Å². The second-order valence-electron chi connectivity index (χ2n) is 3.64. The first-order valence-corrected chi connectivity index (χ1v) is 5.09. The van der Waals surface area contributed by atoms with E-state index in [1.54, 1.807) is 0 Å². The molecule has 0 aliphatic heterocycles. The maximum atomic E-state index is 12.8.